The number of thiazole rings is 1. The predicted molar refractivity (Wildman–Crippen MR) is 73.6 cm³/mol. The second kappa shape index (κ2) is 4.07. The van der Waals surface area contributed by atoms with Crippen LogP contribution in [0.3, 0.4) is 0 Å². The standard InChI is InChI=1S/C14H18N2S/c1-10-16-12-6-4-5-11(13(12)17-10)14(9-15)7-2-3-8-14/h4-6H,2-3,7-9,15H2,1H3. The number of nitrogens with zero attached hydrogens (tertiary/aromatic N) is 1. The molecule has 2 nitrogen and oxygen atoms in total. The molecule has 90 valence electrons. The van der Waals surface area contributed by atoms with Crippen LogP contribution >= 0.6 is 11.3 Å². The summed E-state index contributed by atoms with van der Waals surface area (Å²) in [6.45, 7) is 2.85. The average Bonchev–Trinajstić information content (AvgIpc) is 2.93. The van der Waals surface area contributed by atoms with Crippen LogP contribution in [0.25, 0.3) is 10.2 Å². The highest BCUT2D eigenvalue weighted by Crippen LogP contribution is 2.44. The van der Waals surface area contributed by atoms with Crippen LogP contribution in [0.5, 0.6) is 0 Å². The molecule has 0 bridgehead atoms. The maximum Gasteiger partial charge on any atom is 0.0907 e. The van der Waals surface area contributed by atoms with Crippen LogP contribution < -0.4 is 5.73 Å². The zero-order valence-corrected chi connectivity index (χ0v) is 11.0. The molecule has 0 spiro atoms. The lowest BCUT2D eigenvalue weighted by Crippen LogP contribution is -2.32. The molecule has 0 unspecified atom stereocenters. The minimum Gasteiger partial charge on any atom is -0.330 e. The molecule has 1 aromatic heterocycles. The molecule has 0 radical (unpaired) electrons. The quantitative estimate of drug-likeness (QED) is 0.882. The van der Waals surface area contributed by atoms with Gasteiger partial charge in [0.15, 0.2) is 0 Å². The van der Waals surface area contributed by atoms with Gasteiger partial charge in [0.05, 0.1) is 15.2 Å². The summed E-state index contributed by atoms with van der Waals surface area (Å²) in [5.74, 6) is 0. The largest absolute Gasteiger partial charge is 0.330 e. The Morgan fingerprint density at radius 3 is 2.82 bits per heavy atom. The van der Waals surface area contributed by atoms with E-state index in [-0.39, 0.29) is 5.41 Å². The van der Waals surface area contributed by atoms with Crippen LogP contribution in [0.2, 0.25) is 0 Å². The average molecular weight is 246 g/mol. The fraction of sp³-hybridized carbons (Fsp3) is 0.500. The van der Waals surface area contributed by atoms with Crippen LogP contribution in [0.4, 0.5) is 0 Å². The first-order valence-electron chi connectivity index (χ1n) is 6.32. The number of rotatable bonds is 2. The van der Waals surface area contributed by atoms with Crippen LogP contribution in [0, 0.1) is 6.92 Å². The molecule has 2 aromatic rings. The second-order valence-electron chi connectivity index (χ2n) is 5.08. The fourth-order valence-corrected chi connectivity index (χ4v) is 4.17. The lowest BCUT2D eigenvalue weighted by atomic mass is 9.79. The van der Waals surface area contributed by atoms with Crippen molar-refractivity contribution in [1.82, 2.24) is 4.98 Å². The van der Waals surface area contributed by atoms with E-state index < -0.39 is 0 Å². The molecular weight excluding hydrogens is 228 g/mol. The van der Waals surface area contributed by atoms with Gasteiger partial charge in [-0.1, -0.05) is 25.0 Å². The Kier molecular flexibility index (Phi) is 2.68. The molecule has 1 fully saturated rings. The van der Waals surface area contributed by atoms with Crippen molar-refractivity contribution in [3.63, 3.8) is 0 Å². The number of benzene rings is 1. The van der Waals surface area contributed by atoms with E-state index in [9.17, 15) is 0 Å². The number of aromatic nitrogens is 1. The van der Waals surface area contributed by atoms with Crippen molar-refractivity contribution >= 4 is 21.6 Å². The molecule has 0 amide bonds. The summed E-state index contributed by atoms with van der Waals surface area (Å²) >= 11 is 1.81. The van der Waals surface area contributed by atoms with Gasteiger partial charge in [0.25, 0.3) is 0 Å². The van der Waals surface area contributed by atoms with Crippen molar-refractivity contribution in [3.05, 3.63) is 28.8 Å². The van der Waals surface area contributed by atoms with Crippen molar-refractivity contribution in [2.24, 2.45) is 5.73 Å². The van der Waals surface area contributed by atoms with E-state index in [0.29, 0.717) is 0 Å². The summed E-state index contributed by atoms with van der Waals surface area (Å²) in [7, 11) is 0. The van der Waals surface area contributed by atoms with E-state index in [1.807, 2.05) is 11.3 Å². The van der Waals surface area contributed by atoms with Crippen LogP contribution in [0.15, 0.2) is 18.2 Å². The van der Waals surface area contributed by atoms with Crippen molar-refractivity contribution in [3.8, 4) is 0 Å². The molecule has 0 atom stereocenters. The summed E-state index contributed by atoms with van der Waals surface area (Å²) in [4.78, 5) is 4.59. The molecule has 1 aliphatic carbocycles. The first-order chi connectivity index (χ1) is 8.25. The minimum absolute atomic E-state index is 0.221. The maximum atomic E-state index is 6.08. The van der Waals surface area contributed by atoms with Gasteiger partial charge in [-0.3, -0.25) is 0 Å². The normalized spacial score (nSPS) is 18.9. The first kappa shape index (κ1) is 11.2. The molecule has 0 aliphatic heterocycles. The highest BCUT2D eigenvalue weighted by molar-refractivity contribution is 7.18. The number of fused-ring (bicyclic) bond motifs is 1. The number of hydrogen-bond acceptors (Lipinski definition) is 3. The maximum absolute atomic E-state index is 6.08. The highest BCUT2D eigenvalue weighted by Gasteiger charge is 2.35. The number of hydrogen-bond donors (Lipinski definition) is 1. The van der Waals surface area contributed by atoms with E-state index >= 15 is 0 Å². The van der Waals surface area contributed by atoms with E-state index in [4.69, 9.17) is 5.73 Å². The summed E-state index contributed by atoms with van der Waals surface area (Å²) < 4.78 is 1.36. The van der Waals surface area contributed by atoms with Gasteiger partial charge >= 0.3 is 0 Å². The molecular formula is C14H18N2S. The van der Waals surface area contributed by atoms with Crippen LogP contribution in [-0.2, 0) is 5.41 Å². The number of aryl methyl sites for hydroxylation is 1. The molecule has 1 heterocycles. The van der Waals surface area contributed by atoms with Gasteiger partial charge in [-0.15, -0.1) is 11.3 Å². The summed E-state index contributed by atoms with van der Waals surface area (Å²) in [5.41, 5.74) is 8.89. The summed E-state index contributed by atoms with van der Waals surface area (Å²) in [6.07, 6.45) is 5.09. The van der Waals surface area contributed by atoms with Gasteiger partial charge in [0.1, 0.15) is 0 Å². The van der Waals surface area contributed by atoms with E-state index in [1.165, 1.54) is 35.9 Å². The minimum atomic E-state index is 0.221. The third-order valence-corrected chi connectivity index (χ3v) is 5.06. The zero-order chi connectivity index (χ0) is 11.9. The molecule has 3 rings (SSSR count). The molecule has 3 heteroatoms. The van der Waals surface area contributed by atoms with Crippen LogP contribution in [0.1, 0.15) is 36.3 Å². The Hall–Kier alpha value is -0.930. The Labute approximate surface area is 106 Å². The smallest absolute Gasteiger partial charge is 0.0907 e. The second-order valence-corrected chi connectivity index (χ2v) is 6.28. The molecule has 1 aliphatic rings. The molecule has 2 N–H and O–H groups in total. The van der Waals surface area contributed by atoms with Gasteiger partial charge in [-0.2, -0.15) is 0 Å². The Morgan fingerprint density at radius 1 is 1.35 bits per heavy atom. The van der Waals surface area contributed by atoms with E-state index in [0.717, 1.165) is 17.1 Å². The van der Waals surface area contributed by atoms with Crippen molar-refractivity contribution < 1.29 is 0 Å². The molecule has 1 aromatic carbocycles. The summed E-state index contributed by atoms with van der Waals surface area (Å²) in [5, 5.41) is 1.15. The lowest BCUT2D eigenvalue weighted by Gasteiger charge is -2.28. The SMILES string of the molecule is Cc1nc2cccc(C3(CN)CCCC3)c2s1. The van der Waals surface area contributed by atoms with Crippen molar-refractivity contribution in [2.75, 3.05) is 6.54 Å². The Morgan fingerprint density at radius 2 is 2.12 bits per heavy atom. The molecule has 0 saturated heterocycles. The van der Waals surface area contributed by atoms with Gasteiger partial charge in [0, 0.05) is 12.0 Å². The Balaban J connectivity index is 2.22. The van der Waals surface area contributed by atoms with E-state index in [1.54, 1.807) is 0 Å². The number of nitrogens with two attached hydrogens (primary N) is 1. The van der Waals surface area contributed by atoms with Crippen molar-refractivity contribution in [2.45, 2.75) is 38.0 Å². The third kappa shape index (κ3) is 1.69. The zero-order valence-electron chi connectivity index (χ0n) is 10.2. The lowest BCUT2D eigenvalue weighted by molar-refractivity contribution is 0.457. The molecule has 17 heavy (non-hydrogen) atoms. The summed E-state index contributed by atoms with van der Waals surface area (Å²) in [6, 6.07) is 6.51. The van der Waals surface area contributed by atoms with Crippen LogP contribution in [-0.4, -0.2) is 11.5 Å². The first-order valence-corrected chi connectivity index (χ1v) is 7.13. The monoisotopic (exact) mass is 246 g/mol. The van der Waals surface area contributed by atoms with Gasteiger partial charge in [-0.25, -0.2) is 4.98 Å². The van der Waals surface area contributed by atoms with Gasteiger partial charge < -0.3 is 5.73 Å². The van der Waals surface area contributed by atoms with Gasteiger partial charge in [0.2, 0.25) is 0 Å². The highest BCUT2D eigenvalue weighted by atomic mass is 32.1. The Bertz CT molecular complexity index is 538. The predicted octanol–water partition coefficient (Wildman–Crippen LogP) is 3.38. The third-order valence-electron chi connectivity index (χ3n) is 4.04. The van der Waals surface area contributed by atoms with Gasteiger partial charge in [-0.05, 0) is 31.4 Å². The molecule has 1 saturated carbocycles. The van der Waals surface area contributed by atoms with Crippen molar-refractivity contribution in [1.29, 1.82) is 0 Å². The van der Waals surface area contributed by atoms with E-state index in [2.05, 4.69) is 30.1 Å². The fourth-order valence-electron chi connectivity index (χ4n) is 3.11. The topological polar surface area (TPSA) is 38.9 Å².